The molecule has 0 amide bonds. The van der Waals surface area contributed by atoms with Gasteiger partial charge in [0.05, 0.1) is 21.3 Å². The molecule has 0 bridgehead atoms. The van der Waals surface area contributed by atoms with Crippen LogP contribution in [0.4, 0.5) is 14.5 Å². The molecule has 35 heavy (non-hydrogen) atoms. The lowest BCUT2D eigenvalue weighted by molar-refractivity contribution is 0.324. The van der Waals surface area contributed by atoms with Gasteiger partial charge < -0.3 is 24.4 Å². The molecule has 1 N–H and O–H groups in total. The number of methoxy groups -OCH3 is 3. The summed E-state index contributed by atoms with van der Waals surface area (Å²) in [7, 11) is 4.76. The van der Waals surface area contributed by atoms with Crippen LogP contribution in [0.25, 0.3) is 11.1 Å². The molecule has 1 heterocycles. The van der Waals surface area contributed by atoms with Gasteiger partial charge in [0.15, 0.2) is 23.1 Å². The monoisotopic (exact) mass is 484 g/mol. The quantitative estimate of drug-likeness (QED) is 0.422. The van der Waals surface area contributed by atoms with Crippen molar-refractivity contribution in [3.05, 3.63) is 71.8 Å². The number of hydrogen-bond acceptors (Lipinski definition) is 5. The van der Waals surface area contributed by atoms with Crippen LogP contribution in [0.3, 0.4) is 0 Å². The minimum atomic E-state index is -0.835. The van der Waals surface area contributed by atoms with Crippen LogP contribution in [0, 0.1) is 11.6 Å². The van der Waals surface area contributed by atoms with Crippen LogP contribution in [0.15, 0.2) is 54.6 Å². The van der Waals surface area contributed by atoms with Gasteiger partial charge in [0.25, 0.3) is 0 Å². The fourth-order valence-electron chi connectivity index (χ4n) is 4.51. The second-order valence-corrected chi connectivity index (χ2v) is 8.32. The summed E-state index contributed by atoms with van der Waals surface area (Å²) in [6.07, 6.45) is 1.87. The first-order valence-electron chi connectivity index (χ1n) is 11.4. The van der Waals surface area contributed by atoms with Gasteiger partial charge in [-0.15, -0.1) is 0 Å². The van der Waals surface area contributed by atoms with E-state index in [2.05, 4.69) is 22.3 Å². The number of hydrogen-bond donors (Lipinski definition) is 1. The van der Waals surface area contributed by atoms with E-state index in [0.29, 0.717) is 29.5 Å². The Balaban J connectivity index is 0.00000342. The number of anilines is 1. The van der Waals surface area contributed by atoms with Gasteiger partial charge in [-0.1, -0.05) is 25.6 Å². The van der Waals surface area contributed by atoms with E-state index in [-0.39, 0.29) is 13.5 Å². The Bertz CT molecular complexity index is 1110. The van der Waals surface area contributed by atoms with Crippen molar-refractivity contribution < 1.29 is 23.0 Å². The molecule has 188 valence electrons. The van der Waals surface area contributed by atoms with Crippen molar-refractivity contribution in [3.8, 4) is 28.4 Å². The predicted molar refractivity (Wildman–Crippen MR) is 137 cm³/mol. The third-order valence-electron chi connectivity index (χ3n) is 6.26. The topological polar surface area (TPSA) is 43.0 Å². The highest BCUT2D eigenvalue weighted by Gasteiger charge is 2.23. The molecule has 1 saturated heterocycles. The van der Waals surface area contributed by atoms with Crippen molar-refractivity contribution in [2.75, 3.05) is 39.3 Å². The highest BCUT2D eigenvalue weighted by atomic mass is 19.2. The Labute approximate surface area is 206 Å². The van der Waals surface area contributed by atoms with Crippen LogP contribution >= 0.6 is 0 Å². The summed E-state index contributed by atoms with van der Waals surface area (Å²) >= 11 is 0. The highest BCUT2D eigenvalue weighted by Crippen LogP contribution is 2.41. The zero-order chi connectivity index (χ0) is 24.1. The van der Waals surface area contributed by atoms with Crippen LogP contribution < -0.4 is 24.4 Å². The lowest BCUT2D eigenvalue weighted by Crippen LogP contribution is -2.43. The molecule has 0 radical (unpaired) electrons. The summed E-state index contributed by atoms with van der Waals surface area (Å²) in [5, 5.41) is 3.37. The molecule has 3 aromatic rings. The normalized spacial score (nSPS) is 13.6. The first-order valence-corrected chi connectivity index (χ1v) is 11.4. The summed E-state index contributed by atoms with van der Waals surface area (Å²) in [6, 6.07) is 16.4. The Morgan fingerprint density at radius 1 is 0.829 bits per heavy atom. The standard InChI is InChI=1S/C27H30F2N2O3.CH4/c1-32-25-14-20(15-26(33-2)27(25)34-3)19-6-4-5-18(13-19)17-31(21-9-11-30-12-10-21)22-7-8-23(28)24(29)16-22;/h4-8,13-16,21,30H,9-12,17H2,1-3H3;1H4. The molecule has 0 atom stereocenters. The fourth-order valence-corrected chi connectivity index (χ4v) is 4.51. The summed E-state index contributed by atoms with van der Waals surface area (Å²) in [6.45, 7) is 2.38. The zero-order valence-corrected chi connectivity index (χ0v) is 19.7. The van der Waals surface area contributed by atoms with Gasteiger partial charge in [-0.25, -0.2) is 8.78 Å². The molecule has 0 spiro atoms. The Kier molecular flexibility index (Phi) is 8.93. The van der Waals surface area contributed by atoms with Crippen LogP contribution in [0.5, 0.6) is 17.2 Å². The lowest BCUT2D eigenvalue weighted by atomic mass is 9.99. The molecule has 0 aromatic heterocycles. The molecule has 1 aliphatic rings. The molecule has 1 aliphatic heterocycles. The molecule has 5 nitrogen and oxygen atoms in total. The van der Waals surface area contributed by atoms with Crippen molar-refractivity contribution in [3.63, 3.8) is 0 Å². The molecule has 1 fully saturated rings. The van der Waals surface area contributed by atoms with E-state index in [1.807, 2.05) is 24.3 Å². The summed E-state index contributed by atoms with van der Waals surface area (Å²) in [5.74, 6) is 0.0436. The van der Waals surface area contributed by atoms with Crippen LogP contribution in [-0.4, -0.2) is 40.5 Å². The highest BCUT2D eigenvalue weighted by molar-refractivity contribution is 5.71. The maximum atomic E-state index is 14.1. The number of halogens is 2. The summed E-state index contributed by atoms with van der Waals surface area (Å²) in [5.41, 5.74) is 3.67. The van der Waals surface area contributed by atoms with Gasteiger partial charge in [0.2, 0.25) is 5.75 Å². The third-order valence-corrected chi connectivity index (χ3v) is 6.26. The van der Waals surface area contributed by atoms with E-state index < -0.39 is 11.6 Å². The van der Waals surface area contributed by atoms with Gasteiger partial charge in [-0.3, -0.25) is 0 Å². The average Bonchev–Trinajstić information content (AvgIpc) is 2.88. The SMILES string of the molecule is C.COc1cc(-c2cccc(CN(c3ccc(F)c(F)c3)C3CCNCC3)c2)cc(OC)c1OC. The smallest absolute Gasteiger partial charge is 0.203 e. The van der Waals surface area contributed by atoms with Gasteiger partial charge in [0, 0.05) is 24.3 Å². The molecule has 7 heteroatoms. The van der Waals surface area contributed by atoms with E-state index in [4.69, 9.17) is 14.2 Å². The fraction of sp³-hybridized carbons (Fsp3) is 0.357. The second-order valence-electron chi connectivity index (χ2n) is 8.32. The number of piperidine rings is 1. The van der Waals surface area contributed by atoms with E-state index in [1.54, 1.807) is 27.4 Å². The maximum Gasteiger partial charge on any atom is 0.203 e. The zero-order valence-electron chi connectivity index (χ0n) is 19.7. The van der Waals surface area contributed by atoms with Crippen LogP contribution in [0.2, 0.25) is 0 Å². The van der Waals surface area contributed by atoms with Crippen molar-refractivity contribution in [2.24, 2.45) is 0 Å². The number of nitrogens with zero attached hydrogens (tertiary/aromatic N) is 1. The largest absolute Gasteiger partial charge is 0.493 e. The Hall–Kier alpha value is -3.32. The van der Waals surface area contributed by atoms with Gasteiger partial charge >= 0.3 is 0 Å². The number of benzene rings is 3. The summed E-state index contributed by atoms with van der Waals surface area (Å²) < 4.78 is 44.2. The van der Waals surface area contributed by atoms with Gasteiger partial charge in [-0.2, -0.15) is 0 Å². The molecule has 4 rings (SSSR count). The van der Waals surface area contributed by atoms with E-state index in [9.17, 15) is 8.78 Å². The van der Waals surface area contributed by atoms with Crippen molar-refractivity contribution in [1.82, 2.24) is 5.32 Å². The molecule has 0 unspecified atom stereocenters. The number of nitrogens with one attached hydrogen (secondary N) is 1. The molecular weight excluding hydrogens is 450 g/mol. The minimum absolute atomic E-state index is 0. The molecule has 3 aromatic carbocycles. The van der Waals surface area contributed by atoms with E-state index >= 15 is 0 Å². The first kappa shape index (κ1) is 26.3. The van der Waals surface area contributed by atoms with Gasteiger partial charge in [-0.05, 0) is 73.0 Å². The maximum absolute atomic E-state index is 14.1. The molecular formula is C28H34F2N2O3. The second kappa shape index (κ2) is 11.9. The van der Waals surface area contributed by atoms with Crippen molar-refractivity contribution >= 4 is 5.69 Å². The number of rotatable bonds is 8. The summed E-state index contributed by atoms with van der Waals surface area (Å²) in [4.78, 5) is 2.18. The molecule has 0 saturated carbocycles. The average molecular weight is 485 g/mol. The molecule has 0 aliphatic carbocycles. The number of ether oxygens (including phenoxy) is 3. The Morgan fingerprint density at radius 2 is 1.51 bits per heavy atom. The van der Waals surface area contributed by atoms with Crippen LogP contribution in [-0.2, 0) is 6.54 Å². The van der Waals surface area contributed by atoms with Gasteiger partial charge in [0.1, 0.15) is 0 Å². The first-order chi connectivity index (χ1) is 16.5. The van der Waals surface area contributed by atoms with E-state index in [1.165, 1.54) is 12.1 Å². The van der Waals surface area contributed by atoms with Crippen LogP contribution in [0.1, 0.15) is 25.8 Å². The van der Waals surface area contributed by atoms with Crippen molar-refractivity contribution in [1.29, 1.82) is 0 Å². The lowest BCUT2D eigenvalue weighted by Gasteiger charge is -2.36. The third kappa shape index (κ3) is 5.85. The van der Waals surface area contributed by atoms with Crippen molar-refractivity contribution in [2.45, 2.75) is 32.9 Å². The van der Waals surface area contributed by atoms with E-state index in [0.717, 1.165) is 42.6 Å². The Morgan fingerprint density at radius 3 is 2.11 bits per heavy atom. The predicted octanol–water partition coefficient (Wildman–Crippen LogP) is 6.05. The minimum Gasteiger partial charge on any atom is -0.493 e.